The van der Waals surface area contributed by atoms with Gasteiger partial charge in [0.05, 0.1) is 5.02 Å². The van der Waals surface area contributed by atoms with Crippen LogP contribution in [0.3, 0.4) is 0 Å². The Balaban J connectivity index is 1.89. The first-order chi connectivity index (χ1) is 11.2. The van der Waals surface area contributed by atoms with Crippen molar-refractivity contribution in [2.45, 2.75) is 19.4 Å². The van der Waals surface area contributed by atoms with Gasteiger partial charge in [-0.15, -0.1) is 0 Å². The number of aromatic nitrogens is 1. The lowest BCUT2D eigenvalue weighted by Crippen LogP contribution is -2.19. The lowest BCUT2D eigenvalue weighted by Gasteiger charge is -2.18. The molecule has 1 aromatic heterocycles. The number of hydrogen-bond acceptors (Lipinski definition) is 4. The zero-order chi connectivity index (χ0) is 16.2. The highest BCUT2D eigenvalue weighted by Gasteiger charge is 2.19. The fourth-order valence-electron chi connectivity index (χ4n) is 2.63. The van der Waals surface area contributed by atoms with Gasteiger partial charge in [-0.2, -0.15) is 5.26 Å². The van der Waals surface area contributed by atoms with Crippen LogP contribution in [0.15, 0.2) is 30.5 Å². The van der Waals surface area contributed by atoms with Crippen LogP contribution in [0.25, 0.3) is 0 Å². The summed E-state index contributed by atoms with van der Waals surface area (Å²) >= 11 is 12.8. The van der Waals surface area contributed by atoms with Gasteiger partial charge < -0.3 is 4.74 Å². The SMILES string of the molecule is N#Cc1cccnc1Oc1ccc(Cl)c(CN2CCCC2)c1Cl. The number of ether oxygens (including phenoxy) is 1. The van der Waals surface area contributed by atoms with Gasteiger partial charge in [-0.05, 0) is 50.2 Å². The number of benzene rings is 1. The predicted molar refractivity (Wildman–Crippen MR) is 90.0 cm³/mol. The Kier molecular flexibility index (Phi) is 5.02. The molecule has 2 aromatic rings. The Hall–Kier alpha value is -1.80. The second kappa shape index (κ2) is 7.18. The number of nitriles is 1. The summed E-state index contributed by atoms with van der Waals surface area (Å²) in [4.78, 5) is 6.41. The highest BCUT2D eigenvalue weighted by Crippen LogP contribution is 2.37. The lowest BCUT2D eigenvalue weighted by molar-refractivity contribution is 0.331. The highest BCUT2D eigenvalue weighted by atomic mass is 35.5. The zero-order valence-corrected chi connectivity index (χ0v) is 13.9. The smallest absolute Gasteiger partial charge is 0.237 e. The fourth-order valence-corrected chi connectivity index (χ4v) is 3.15. The van der Waals surface area contributed by atoms with Crippen LogP contribution in [-0.2, 0) is 6.54 Å². The summed E-state index contributed by atoms with van der Waals surface area (Å²) in [5.74, 6) is 0.701. The molecular formula is C17H15Cl2N3O. The van der Waals surface area contributed by atoms with Crippen LogP contribution in [0.1, 0.15) is 24.0 Å². The van der Waals surface area contributed by atoms with Crippen molar-refractivity contribution in [3.8, 4) is 17.7 Å². The maximum Gasteiger partial charge on any atom is 0.237 e. The minimum Gasteiger partial charge on any atom is -0.436 e. The predicted octanol–water partition coefficient (Wildman–Crippen LogP) is 4.65. The third-order valence-electron chi connectivity index (χ3n) is 3.83. The standard InChI is InChI=1S/C17H15Cl2N3O/c18-14-5-6-15(23-17-12(10-20)4-3-7-21-17)16(19)13(14)11-22-8-1-2-9-22/h3-7H,1-2,8-9,11H2. The van der Waals surface area contributed by atoms with Gasteiger partial charge in [-0.3, -0.25) is 4.90 Å². The first kappa shape index (κ1) is 16.1. The maximum absolute atomic E-state index is 9.12. The second-order valence-electron chi connectivity index (χ2n) is 5.39. The summed E-state index contributed by atoms with van der Waals surface area (Å²) < 4.78 is 5.75. The normalized spacial score (nSPS) is 14.7. The van der Waals surface area contributed by atoms with E-state index in [0.717, 1.165) is 18.7 Å². The van der Waals surface area contributed by atoms with Crippen LogP contribution in [0.5, 0.6) is 11.6 Å². The molecule has 0 radical (unpaired) electrons. The van der Waals surface area contributed by atoms with E-state index in [1.807, 2.05) is 0 Å². The Morgan fingerprint density at radius 1 is 1.22 bits per heavy atom. The van der Waals surface area contributed by atoms with E-state index in [4.69, 9.17) is 33.2 Å². The number of nitrogens with zero attached hydrogens (tertiary/aromatic N) is 3. The Morgan fingerprint density at radius 2 is 2.00 bits per heavy atom. The van der Waals surface area contributed by atoms with E-state index in [9.17, 15) is 0 Å². The van der Waals surface area contributed by atoms with Crippen LogP contribution in [0, 0.1) is 11.3 Å². The minimum absolute atomic E-state index is 0.242. The van der Waals surface area contributed by atoms with Gasteiger partial charge in [0, 0.05) is 23.3 Å². The monoisotopic (exact) mass is 347 g/mol. The van der Waals surface area contributed by atoms with Crippen LogP contribution < -0.4 is 4.74 Å². The van der Waals surface area contributed by atoms with Crippen molar-refractivity contribution in [1.29, 1.82) is 5.26 Å². The minimum atomic E-state index is 0.242. The van der Waals surface area contributed by atoms with E-state index in [1.165, 1.54) is 12.8 Å². The summed E-state index contributed by atoms with van der Waals surface area (Å²) in [6.45, 7) is 2.80. The van der Waals surface area contributed by atoms with Gasteiger partial charge in [0.2, 0.25) is 5.88 Å². The number of pyridine rings is 1. The molecule has 0 saturated carbocycles. The summed E-state index contributed by atoms with van der Waals surface area (Å²) in [5, 5.41) is 10.2. The van der Waals surface area contributed by atoms with E-state index in [2.05, 4.69) is 16.0 Å². The Bertz CT molecular complexity index is 752. The molecule has 118 valence electrons. The van der Waals surface area contributed by atoms with Gasteiger partial charge in [0.15, 0.2) is 0 Å². The molecular weight excluding hydrogens is 333 g/mol. The third kappa shape index (κ3) is 3.59. The molecule has 0 bridgehead atoms. The van der Waals surface area contributed by atoms with E-state index in [0.29, 0.717) is 27.9 Å². The molecule has 1 aliphatic heterocycles. The second-order valence-corrected chi connectivity index (χ2v) is 6.18. The number of likely N-dealkylation sites (tertiary alicyclic amines) is 1. The molecule has 2 heterocycles. The Labute approximate surface area is 145 Å². The van der Waals surface area contributed by atoms with Crippen LogP contribution >= 0.6 is 23.2 Å². The van der Waals surface area contributed by atoms with Crippen molar-refractivity contribution in [2.24, 2.45) is 0 Å². The van der Waals surface area contributed by atoms with E-state index >= 15 is 0 Å². The van der Waals surface area contributed by atoms with Crippen molar-refractivity contribution in [1.82, 2.24) is 9.88 Å². The van der Waals surface area contributed by atoms with E-state index < -0.39 is 0 Å². The first-order valence-electron chi connectivity index (χ1n) is 7.41. The molecule has 4 nitrogen and oxygen atoms in total. The third-order valence-corrected chi connectivity index (χ3v) is 4.60. The largest absolute Gasteiger partial charge is 0.436 e. The fraction of sp³-hybridized carbons (Fsp3) is 0.294. The molecule has 0 atom stereocenters. The summed E-state index contributed by atoms with van der Waals surface area (Å²) in [5.41, 5.74) is 1.21. The van der Waals surface area contributed by atoms with Crippen LogP contribution in [0.4, 0.5) is 0 Å². The summed E-state index contributed by atoms with van der Waals surface area (Å²) in [7, 11) is 0. The van der Waals surface area contributed by atoms with Gasteiger partial charge in [0.25, 0.3) is 0 Å². The molecule has 0 aliphatic carbocycles. The highest BCUT2D eigenvalue weighted by molar-refractivity contribution is 6.37. The van der Waals surface area contributed by atoms with Crippen molar-refractivity contribution in [2.75, 3.05) is 13.1 Å². The maximum atomic E-state index is 9.12. The quantitative estimate of drug-likeness (QED) is 0.807. The Morgan fingerprint density at radius 3 is 2.74 bits per heavy atom. The zero-order valence-electron chi connectivity index (χ0n) is 12.4. The van der Waals surface area contributed by atoms with Crippen LogP contribution in [0.2, 0.25) is 10.0 Å². The average molecular weight is 348 g/mol. The number of hydrogen-bond donors (Lipinski definition) is 0. The van der Waals surface area contributed by atoms with Crippen molar-refractivity contribution < 1.29 is 4.74 Å². The van der Waals surface area contributed by atoms with Crippen molar-refractivity contribution in [3.05, 3.63) is 51.6 Å². The molecule has 0 N–H and O–H groups in total. The molecule has 1 fully saturated rings. The van der Waals surface area contributed by atoms with Gasteiger partial charge in [0.1, 0.15) is 17.4 Å². The lowest BCUT2D eigenvalue weighted by atomic mass is 10.2. The molecule has 1 aromatic carbocycles. The molecule has 1 aliphatic rings. The first-order valence-corrected chi connectivity index (χ1v) is 8.17. The molecule has 0 amide bonds. The van der Waals surface area contributed by atoms with Crippen molar-refractivity contribution >= 4 is 23.2 Å². The molecule has 6 heteroatoms. The van der Waals surface area contributed by atoms with Gasteiger partial charge in [-0.1, -0.05) is 23.2 Å². The molecule has 3 rings (SSSR count). The number of rotatable bonds is 4. The van der Waals surface area contributed by atoms with Gasteiger partial charge >= 0.3 is 0 Å². The van der Waals surface area contributed by atoms with Crippen LogP contribution in [-0.4, -0.2) is 23.0 Å². The molecule has 0 spiro atoms. The molecule has 0 unspecified atom stereocenters. The topological polar surface area (TPSA) is 49.1 Å². The molecule has 1 saturated heterocycles. The summed E-state index contributed by atoms with van der Waals surface area (Å²) in [6, 6.07) is 8.86. The molecule has 23 heavy (non-hydrogen) atoms. The van der Waals surface area contributed by atoms with E-state index in [1.54, 1.807) is 30.5 Å². The van der Waals surface area contributed by atoms with Gasteiger partial charge in [-0.25, -0.2) is 4.98 Å². The average Bonchev–Trinajstić information content (AvgIpc) is 3.08. The van der Waals surface area contributed by atoms with E-state index in [-0.39, 0.29) is 5.88 Å². The van der Waals surface area contributed by atoms with Crippen molar-refractivity contribution in [3.63, 3.8) is 0 Å². The number of halogens is 2. The summed E-state index contributed by atoms with van der Waals surface area (Å²) in [6.07, 6.45) is 3.97.